The zero-order valence-electron chi connectivity index (χ0n) is 16.5. The molecule has 0 bridgehead atoms. The predicted molar refractivity (Wildman–Crippen MR) is 110 cm³/mol. The summed E-state index contributed by atoms with van der Waals surface area (Å²) in [5, 5.41) is 5.81. The molecule has 0 saturated heterocycles. The van der Waals surface area contributed by atoms with Crippen molar-refractivity contribution in [2.24, 2.45) is 5.92 Å². The molecule has 5 nitrogen and oxygen atoms in total. The second-order valence-electron chi connectivity index (χ2n) is 7.23. The molecule has 2 rings (SSSR count). The van der Waals surface area contributed by atoms with E-state index in [-0.39, 0.29) is 24.2 Å². The van der Waals surface area contributed by atoms with Crippen molar-refractivity contribution < 1.29 is 9.59 Å². The molecule has 2 amide bonds. The molecular weight excluding hydrogens is 338 g/mol. The number of carbonyl (C=O) groups excluding carboxylic acids is 2. The van der Waals surface area contributed by atoms with Crippen LogP contribution >= 0.6 is 0 Å². The van der Waals surface area contributed by atoms with Gasteiger partial charge in [0.2, 0.25) is 11.8 Å². The minimum absolute atomic E-state index is 0.00201. The SMILES string of the molecule is CC(C)C(NC(=O)Cc1ccccc1)C(=O)NCc1cccc(N(C)C)c1. The zero-order valence-corrected chi connectivity index (χ0v) is 16.5. The smallest absolute Gasteiger partial charge is 0.243 e. The largest absolute Gasteiger partial charge is 0.378 e. The van der Waals surface area contributed by atoms with E-state index in [2.05, 4.69) is 10.6 Å². The van der Waals surface area contributed by atoms with Crippen molar-refractivity contribution in [2.75, 3.05) is 19.0 Å². The first kappa shape index (κ1) is 20.5. The maximum Gasteiger partial charge on any atom is 0.243 e. The molecule has 0 spiro atoms. The molecule has 2 aromatic rings. The van der Waals surface area contributed by atoms with E-state index in [4.69, 9.17) is 0 Å². The molecule has 27 heavy (non-hydrogen) atoms. The van der Waals surface area contributed by atoms with Crippen LogP contribution in [0.4, 0.5) is 5.69 Å². The van der Waals surface area contributed by atoms with Gasteiger partial charge in [-0.3, -0.25) is 9.59 Å². The maximum absolute atomic E-state index is 12.6. The molecule has 1 unspecified atom stereocenters. The highest BCUT2D eigenvalue weighted by molar-refractivity contribution is 5.88. The van der Waals surface area contributed by atoms with Gasteiger partial charge in [-0.1, -0.05) is 56.3 Å². The Labute approximate surface area is 161 Å². The molecule has 5 heteroatoms. The fourth-order valence-electron chi connectivity index (χ4n) is 2.78. The summed E-state index contributed by atoms with van der Waals surface area (Å²) in [5.74, 6) is -0.316. The van der Waals surface area contributed by atoms with Gasteiger partial charge < -0.3 is 15.5 Å². The fraction of sp³-hybridized carbons (Fsp3) is 0.364. The van der Waals surface area contributed by atoms with Gasteiger partial charge in [0.15, 0.2) is 0 Å². The number of hydrogen-bond donors (Lipinski definition) is 2. The summed E-state index contributed by atoms with van der Waals surface area (Å²) in [5.41, 5.74) is 3.03. The van der Waals surface area contributed by atoms with Crippen LogP contribution in [0.25, 0.3) is 0 Å². The van der Waals surface area contributed by atoms with Crippen LogP contribution in [-0.2, 0) is 22.6 Å². The van der Waals surface area contributed by atoms with Crippen molar-refractivity contribution in [1.82, 2.24) is 10.6 Å². The second-order valence-corrected chi connectivity index (χ2v) is 7.23. The van der Waals surface area contributed by atoms with Gasteiger partial charge in [0.25, 0.3) is 0 Å². The van der Waals surface area contributed by atoms with Gasteiger partial charge in [-0.05, 0) is 29.2 Å². The first-order valence-electron chi connectivity index (χ1n) is 9.24. The monoisotopic (exact) mass is 367 g/mol. The Morgan fingerprint density at radius 1 is 0.963 bits per heavy atom. The Balaban J connectivity index is 1.94. The van der Waals surface area contributed by atoms with Crippen LogP contribution < -0.4 is 15.5 Å². The first-order valence-corrected chi connectivity index (χ1v) is 9.24. The minimum Gasteiger partial charge on any atom is -0.378 e. The normalized spacial score (nSPS) is 11.7. The average Bonchev–Trinajstić information content (AvgIpc) is 2.65. The van der Waals surface area contributed by atoms with Crippen LogP contribution in [-0.4, -0.2) is 32.0 Å². The van der Waals surface area contributed by atoms with Gasteiger partial charge >= 0.3 is 0 Å². The predicted octanol–water partition coefficient (Wildman–Crippen LogP) is 2.75. The third kappa shape index (κ3) is 6.44. The molecule has 0 fully saturated rings. The highest BCUT2D eigenvalue weighted by Crippen LogP contribution is 2.13. The van der Waals surface area contributed by atoms with Crippen LogP contribution in [0.2, 0.25) is 0 Å². The van der Waals surface area contributed by atoms with E-state index in [9.17, 15) is 9.59 Å². The lowest BCUT2D eigenvalue weighted by Crippen LogP contribution is -2.49. The van der Waals surface area contributed by atoms with Crippen molar-refractivity contribution in [2.45, 2.75) is 32.9 Å². The number of amides is 2. The molecule has 0 saturated carbocycles. The lowest BCUT2D eigenvalue weighted by molar-refractivity contribution is -0.129. The summed E-state index contributed by atoms with van der Waals surface area (Å²) < 4.78 is 0. The summed E-state index contributed by atoms with van der Waals surface area (Å²) in [6.07, 6.45) is 0.266. The zero-order chi connectivity index (χ0) is 19.8. The molecule has 0 aromatic heterocycles. The Bertz CT molecular complexity index is 757. The van der Waals surface area contributed by atoms with Crippen LogP contribution in [0.1, 0.15) is 25.0 Å². The third-order valence-electron chi connectivity index (χ3n) is 4.37. The number of nitrogens with one attached hydrogen (secondary N) is 2. The Morgan fingerprint density at radius 3 is 2.26 bits per heavy atom. The molecule has 144 valence electrons. The average molecular weight is 367 g/mol. The molecule has 2 N–H and O–H groups in total. The minimum atomic E-state index is -0.557. The number of carbonyl (C=O) groups is 2. The molecule has 0 radical (unpaired) electrons. The van der Waals surface area contributed by atoms with Gasteiger partial charge in [-0.15, -0.1) is 0 Å². The Hall–Kier alpha value is -2.82. The van der Waals surface area contributed by atoms with E-state index in [0.717, 1.165) is 16.8 Å². The molecule has 0 aliphatic heterocycles. The number of nitrogens with zero attached hydrogens (tertiary/aromatic N) is 1. The van der Waals surface area contributed by atoms with Crippen LogP contribution in [0.3, 0.4) is 0 Å². The number of rotatable bonds is 8. The first-order chi connectivity index (χ1) is 12.9. The Morgan fingerprint density at radius 2 is 1.63 bits per heavy atom. The summed E-state index contributed by atoms with van der Waals surface area (Å²) in [7, 11) is 3.96. The van der Waals surface area contributed by atoms with Crippen molar-refractivity contribution in [3.8, 4) is 0 Å². The van der Waals surface area contributed by atoms with E-state index in [1.807, 2.05) is 87.4 Å². The number of hydrogen-bond acceptors (Lipinski definition) is 3. The standard InChI is InChI=1S/C22H29N3O2/c1-16(2)21(24-20(26)14-17-9-6-5-7-10-17)22(27)23-15-18-11-8-12-19(13-18)25(3)4/h5-13,16,21H,14-15H2,1-4H3,(H,23,27)(H,24,26). The van der Waals surface area contributed by atoms with Gasteiger partial charge in [0, 0.05) is 26.3 Å². The van der Waals surface area contributed by atoms with Crippen LogP contribution in [0.5, 0.6) is 0 Å². The summed E-state index contributed by atoms with van der Waals surface area (Å²) in [6, 6.07) is 17.0. The fourth-order valence-corrected chi connectivity index (χ4v) is 2.78. The maximum atomic E-state index is 12.6. The highest BCUT2D eigenvalue weighted by atomic mass is 16.2. The van der Waals surface area contributed by atoms with Crippen molar-refractivity contribution >= 4 is 17.5 Å². The van der Waals surface area contributed by atoms with Crippen molar-refractivity contribution in [3.05, 3.63) is 65.7 Å². The quantitative estimate of drug-likeness (QED) is 0.754. The molecular formula is C22H29N3O2. The van der Waals surface area contributed by atoms with E-state index < -0.39 is 6.04 Å². The van der Waals surface area contributed by atoms with Crippen LogP contribution in [0.15, 0.2) is 54.6 Å². The van der Waals surface area contributed by atoms with Gasteiger partial charge in [-0.25, -0.2) is 0 Å². The van der Waals surface area contributed by atoms with Gasteiger partial charge in [0.05, 0.1) is 6.42 Å². The third-order valence-corrected chi connectivity index (χ3v) is 4.37. The number of anilines is 1. The van der Waals surface area contributed by atoms with Gasteiger partial charge in [0.1, 0.15) is 6.04 Å². The number of benzene rings is 2. The molecule has 0 aliphatic rings. The van der Waals surface area contributed by atoms with E-state index >= 15 is 0 Å². The topological polar surface area (TPSA) is 61.4 Å². The van der Waals surface area contributed by atoms with Crippen molar-refractivity contribution in [1.29, 1.82) is 0 Å². The molecule has 0 aliphatic carbocycles. The molecule has 2 aromatic carbocycles. The van der Waals surface area contributed by atoms with Crippen molar-refractivity contribution in [3.63, 3.8) is 0 Å². The second kappa shape index (κ2) is 9.76. The van der Waals surface area contributed by atoms with E-state index in [1.165, 1.54) is 0 Å². The van der Waals surface area contributed by atoms with E-state index in [0.29, 0.717) is 6.54 Å². The lowest BCUT2D eigenvalue weighted by atomic mass is 10.0. The lowest BCUT2D eigenvalue weighted by Gasteiger charge is -2.22. The van der Waals surface area contributed by atoms with E-state index in [1.54, 1.807) is 0 Å². The summed E-state index contributed by atoms with van der Waals surface area (Å²) in [4.78, 5) is 27.0. The molecule has 0 heterocycles. The highest BCUT2D eigenvalue weighted by Gasteiger charge is 2.23. The summed E-state index contributed by atoms with van der Waals surface area (Å²) >= 11 is 0. The van der Waals surface area contributed by atoms with Crippen LogP contribution in [0, 0.1) is 5.92 Å². The van der Waals surface area contributed by atoms with Gasteiger partial charge in [-0.2, -0.15) is 0 Å². The Kier molecular flexibility index (Phi) is 7.41. The molecule has 1 atom stereocenters. The summed E-state index contributed by atoms with van der Waals surface area (Å²) in [6.45, 7) is 4.29.